The summed E-state index contributed by atoms with van der Waals surface area (Å²) in [6, 6.07) is 33.5. The van der Waals surface area contributed by atoms with Gasteiger partial charge < -0.3 is 5.32 Å². The number of hydrogen-bond acceptors (Lipinski definition) is 3. The van der Waals surface area contributed by atoms with Crippen molar-refractivity contribution < 1.29 is 14.4 Å². The molecule has 2 atom stereocenters. The zero-order chi connectivity index (χ0) is 25.1. The highest BCUT2D eigenvalue weighted by atomic mass is 16.2. The molecule has 1 N–H and O–H groups in total. The van der Waals surface area contributed by atoms with Gasteiger partial charge in [0.15, 0.2) is 0 Å². The summed E-state index contributed by atoms with van der Waals surface area (Å²) in [4.78, 5) is 40.2. The summed E-state index contributed by atoms with van der Waals surface area (Å²) in [5, 5.41) is 3.10. The van der Waals surface area contributed by atoms with E-state index >= 15 is 0 Å². The molecule has 4 aromatic rings. The van der Waals surface area contributed by atoms with Gasteiger partial charge >= 0.3 is 0 Å². The van der Waals surface area contributed by atoms with Crippen LogP contribution in [0.2, 0.25) is 0 Å². The molecule has 0 saturated carbocycles. The van der Waals surface area contributed by atoms with E-state index in [1.165, 1.54) is 0 Å². The number of hydrogen-bond donors (Lipinski definition) is 1. The molecule has 0 fully saturated rings. The number of rotatable bonds is 7. The molecule has 0 saturated heterocycles. The van der Waals surface area contributed by atoms with Crippen LogP contribution in [0, 0.1) is 0 Å². The van der Waals surface area contributed by atoms with Crippen LogP contribution >= 0.6 is 0 Å². The lowest BCUT2D eigenvalue weighted by atomic mass is 9.96. The van der Waals surface area contributed by atoms with E-state index in [2.05, 4.69) is 17.4 Å². The average Bonchev–Trinajstić information content (AvgIpc) is 3.18. The lowest BCUT2D eigenvalue weighted by Gasteiger charge is -2.26. The highest BCUT2D eigenvalue weighted by Crippen LogP contribution is 2.27. The van der Waals surface area contributed by atoms with Crippen LogP contribution in [-0.2, 0) is 11.2 Å². The standard InChI is InChI=1S/C31H26N2O3/c1-21(33-30(35)26-14-8-9-15-27(26)31(33)36)29(34)32-28(20-22-10-4-2-5-11-22)25-18-16-24(17-19-25)23-12-6-3-7-13-23/h2-19,21,28H,20H2,1H3,(H,32,34)/t21-,28+/m1/s1. The second kappa shape index (κ2) is 10.0. The fourth-order valence-corrected chi connectivity index (χ4v) is 4.61. The van der Waals surface area contributed by atoms with Crippen molar-refractivity contribution in [1.82, 2.24) is 10.2 Å². The summed E-state index contributed by atoms with van der Waals surface area (Å²) in [6.45, 7) is 1.59. The fourth-order valence-electron chi connectivity index (χ4n) is 4.61. The molecule has 5 rings (SSSR count). The summed E-state index contributed by atoms with van der Waals surface area (Å²) >= 11 is 0. The van der Waals surface area contributed by atoms with E-state index in [9.17, 15) is 14.4 Å². The van der Waals surface area contributed by atoms with Crippen molar-refractivity contribution >= 4 is 17.7 Å². The molecule has 0 radical (unpaired) electrons. The zero-order valence-corrected chi connectivity index (χ0v) is 19.9. The number of carbonyl (C=O) groups excluding carboxylic acids is 3. The molecule has 178 valence electrons. The van der Waals surface area contributed by atoms with Crippen LogP contribution in [0.25, 0.3) is 11.1 Å². The predicted molar refractivity (Wildman–Crippen MR) is 139 cm³/mol. The lowest BCUT2D eigenvalue weighted by molar-refractivity contribution is -0.125. The van der Waals surface area contributed by atoms with Crippen LogP contribution in [0.1, 0.15) is 44.8 Å². The van der Waals surface area contributed by atoms with Crippen LogP contribution in [0.5, 0.6) is 0 Å². The van der Waals surface area contributed by atoms with Gasteiger partial charge in [-0.3, -0.25) is 19.3 Å². The Balaban J connectivity index is 1.39. The minimum atomic E-state index is -0.945. The van der Waals surface area contributed by atoms with Crippen molar-refractivity contribution in [3.63, 3.8) is 0 Å². The number of benzene rings is 4. The maximum atomic E-state index is 13.4. The minimum absolute atomic E-state index is 0.331. The normalized spacial score (nSPS) is 14.3. The van der Waals surface area contributed by atoms with Gasteiger partial charge in [0.2, 0.25) is 5.91 Å². The van der Waals surface area contributed by atoms with E-state index in [4.69, 9.17) is 0 Å². The van der Waals surface area contributed by atoms with Crippen molar-refractivity contribution in [2.75, 3.05) is 0 Å². The van der Waals surface area contributed by atoms with Crippen molar-refractivity contribution in [1.29, 1.82) is 0 Å². The Labute approximate surface area is 210 Å². The van der Waals surface area contributed by atoms with Gasteiger partial charge in [-0.2, -0.15) is 0 Å². The number of nitrogens with zero attached hydrogens (tertiary/aromatic N) is 1. The number of amides is 3. The quantitative estimate of drug-likeness (QED) is 0.363. The molecule has 4 aromatic carbocycles. The van der Waals surface area contributed by atoms with E-state index in [1.54, 1.807) is 31.2 Å². The Bertz CT molecular complexity index is 1360. The number of nitrogens with one attached hydrogen (secondary N) is 1. The topological polar surface area (TPSA) is 66.5 Å². The second-order valence-corrected chi connectivity index (χ2v) is 8.94. The van der Waals surface area contributed by atoms with Crippen LogP contribution in [0.3, 0.4) is 0 Å². The Hall–Kier alpha value is -4.51. The minimum Gasteiger partial charge on any atom is -0.347 e. The van der Waals surface area contributed by atoms with E-state index in [1.807, 2.05) is 72.8 Å². The molecule has 0 bridgehead atoms. The molecule has 0 aliphatic carbocycles. The summed E-state index contributed by atoms with van der Waals surface area (Å²) < 4.78 is 0. The maximum Gasteiger partial charge on any atom is 0.262 e. The molecule has 1 aliphatic heterocycles. The fraction of sp³-hybridized carbons (Fsp3) is 0.129. The van der Waals surface area contributed by atoms with E-state index < -0.39 is 17.9 Å². The molecule has 0 spiro atoms. The Morgan fingerprint density at radius 3 is 1.78 bits per heavy atom. The van der Waals surface area contributed by atoms with Gasteiger partial charge in [0.1, 0.15) is 6.04 Å². The summed E-state index contributed by atoms with van der Waals surface area (Å²) in [5.41, 5.74) is 4.89. The summed E-state index contributed by atoms with van der Waals surface area (Å²) in [6.07, 6.45) is 0.575. The first-order valence-electron chi connectivity index (χ1n) is 12.0. The van der Waals surface area contributed by atoms with Gasteiger partial charge in [0, 0.05) is 0 Å². The van der Waals surface area contributed by atoms with Gasteiger partial charge in [-0.05, 0) is 47.7 Å². The van der Waals surface area contributed by atoms with Gasteiger partial charge in [0.25, 0.3) is 11.8 Å². The van der Waals surface area contributed by atoms with Crippen molar-refractivity contribution in [3.8, 4) is 11.1 Å². The van der Waals surface area contributed by atoms with Gasteiger partial charge in [0.05, 0.1) is 17.2 Å². The maximum absolute atomic E-state index is 13.4. The van der Waals surface area contributed by atoms with E-state index in [0.717, 1.165) is 27.2 Å². The second-order valence-electron chi connectivity index (χ2n) is 8.94. The van der Waals surface area contributed by atoms with Crippen LogP contribution < -0.4 is 5.32 Å². The Morgan fingerprint density at radius 2 is 1.19 bits per heavy atom. The first kappa shape index (κ1) is 23.2. The monoisotopic (exact) mass is 474 g/mol. The average molecular weight is 475 g/mol. The number of imide groups is 1. The molecule has 1 heterocycles. The summed E-state index contributed by atoms with van der Waals surface area (Å²) in [7, 11) is 0. The van der Waals surface area contributed by atoms with E-state index in [0.29, 0.717) is 17.5 Å². The molecular formula is C31H26N2O3. The SMILES string of the molecule is C[C@H](C(=O)N[C@@H](Cc1ccccc1)c1ccc(-c2ccccc2)cc1)N1C(=O)c2ccccc2C1=O. The highest BCUT2D eigenvalue weighted by molar-refractivity contribution is 6.22. The van der Waals surface area contributed by atoms with Gasteiger partial charge in [-0.15, -0.1) is 0 Å². The Kier molecular flexibility index (Phi) is 6.46. The number of fused-ring (bicyclic) bond motifs is 1. The molecule has 5 heteroatoms. The third kappa shape index (κ3) is 4.56. The first-order valence-corrected chi connectivity index (χ1v) is 12.0. The van der Waals surface area contributed by atoms with Crippen molar-refractivity contribution in [2.45, 2.75) is 25.4 Å². The highest BCUT2D eigenvalue weighted by Gasteiger charge is 2.41. The van der Waals surface area contributed by atoms with Gasteiger partial charge in [-0.25, -0.2) is 0 Å². The lowest BCUT2D eigenvalue weighted by Crippen LogP contribution is -2.48. The summed E-state index contributed by atoms with van der Waals surface area (Å²) in [5.74, 6) is -1.26. The largest absolute Gasteiger partial charge is 0.347 e. The third-order valence-corrected chi connectivity index (χ3v) is 6.61. The Morgan fingerprint density at radius 1 is 0.694 bits per heavy atom. The molecule has 1 aliphatic rings. The van der Waals surface area contributed by atoms with Crippen LogP contribution in [0.15, 0.2) is 109 Å². The van der Waals surface area contributed by atoms with Crippen LogP contribution in [-0.4, -0.2) is 28.7 Å². The first-order chi connectivity index (χ1) is 17.5. The smallest absolute Gasteiger partial charge is 0.262 e. The number of carbonyl (C=O) groups is 3. The predicted octanol–water partition coefficient (Wildman–Crippen LogP) is 5.44. The molecule has 5 nitrogen and oxygen atoms in total. The molecule has 0 unspecified atom stereocenters. The van der Waals surface area contributed by atoms with Crippen molar-refractivity contribution in [3.05, 3.63) is 131 Å². The molecule has 0 aromatic heterocycles. The molecular weight excluding hydrogens is 448 g/mol. The van der Waals surface area contributed by atoms with Gasteiger partial charge in [-0.1, -0.05) is 97.1 Å². The van der Waals surface area contributed by atoms with Crippen LogP contribution in [0.4, 0.5) is 0 Å². The zero-order valence-electron chi connectivity index (χ0n) is 19.9. The van der Waals surface area contributed by atoms with Crippen molar-refractivity contribution in [2.24, 2.45) is 0 Å². The van der Waals surface area contributed by atoms with E-state index in [-0.39, 0.29) is 11.9 Å². The molecule has 36 heavy (non-hydrogen) atoms. The third-order valence-electron chi connectivity index (χ3n) is 6.61. The molecule has 3 amide bonds.